The van der Waals surface area contributed by atoms with Crippen molar-refractivity contribution in [1.82, 2.24) is 0 Å². The Kier molecular flexibility index (Phi) is 30.0. The summed E-state index contributed by atoms with van der Waals surface area (Å²) in [6, 6.07) is 16.6. The molecule has 732 valence electrons. The molecule has 2 N–H and O–H groups in total. The van der Waals surface area contributed by atoms with E-state index < -0.39 is 99.7 Å². The summed E-state index contributed by atoms with van der Waals surface area (Å²) in [4.78, 5) is 49.7. The fourth-order valence-electron chi connectivity index (χ4n) is 22.0. The zero-order valence-corrected chi connectivity index (χ0v) is 93.7. The molecule has 4 saturated heterocycles. The Morgan fingerprint density at radius 2 is 0.735 bits per heavy atom. The number of aliphatic hydroxyl groups is 2. The Morgan fingerprint density at radius 1 is 0.449 bits per heavy atom. The van der Waals surface area contributed by atoms with Crippen LogP contribution in [0.15, 0.2) is 91.3 Å². The van der Waals surface area contributed by atoms with E-state index in [4.69, 9.17) is 157 Å². The van der Waals surface area contributed by atoms with Crippen molar-refractivity contribution in [1.29, 1.82) is 0 Å². The number of halogens is 8. The predicted octanol–water partition coefficient (Wildman–Crippen LogP) is 25.0. The normalized spacial score (nSPS) is 23.5. The molecular formula is C96H112Cl8O24P4Si2Ti2. The molecule has 4 spiro atoms. The number of rotatable bonds is 14. The van der Waals surface area contributed by atoms with Gasteiger partial charge in [0.05, 0.1) is 115 Å². The average molecular weight is 2210 g/mol. The third-order valence-corrected chi connectivity index (χ3v) is 40.6. The maximum absolute atomic E-state index is 13.5. The summed E-state index contributed by atoms with van der Waals surface area (Å²) in [5.74, 6) is -0.814. The van der Waals surface area contributed by atoms with E-state index in [0.29, 0.717) is 114 Å². The van der Waals surface area contributed by atoms with Gasteiger partial charge in [0, 0.05) is 188 Å². The number of fused-ring (bicyclic) bond motifs is 20. The van der Waals surface area contributed by atoms with Crippen LogP contribution in [0.25, 0.3) is 43.5 Å². The van der Waals surface area contributed by atoms with E-state index in [9.17, 15) is 29.4 Å². The third-order valence-electron chi connectivity index (χ3n) is 30.7. The number of benzene rings is 6. The second kappa shape index (κ2) is 39.1. The van der Waals surface area contributed by atoms with Crippen molar-refractivity contribution in [3.05, 3.63) is 196 Å². The van der Waals surface area contributed by atoms with Crippen LogP contribution in [-0.2, 0) is 150 Å². The van der Waals surface area contributed by atoms with Crippen LogP contribution in [-0.4, -0.2) is 116 Å². The number of carbonyl (C=O) groups is 4. The molecule has 136 heavy (non-hydrogen) atoms. The number of aryl methyl sites for hydroxylation is 4. The van der Waals surface area contributed by atoms with Crippen LogP contribution in [0.2, 0.25) is 36.3 Å². The Labute approximate surface area is 839 Å². The molecule has 0 radical (unpaired) electrons. The van der Waals surface area contributed by atoms with Crippen LogP contribution in [0.4, 0.5) is 0 Å². The van der Waals surface area contributed by atoms with E-state index in [1.807, 2.05) is 38.1 Å². The van der Waals surface area contributed by atoms with Crippen molar-refractivity contribution in [2.45, 2.75) is 253 Å². The SMILES string of the molecule is C[C@@]12c3ccc4c(c3C(=O)c3occ(c31)C(OP)CC2O)CCC41OCCO1.C[C@]12c3ccc4c(c3C(=O)c3occ(c31)C(OP)C[C@@H]2O)CCC41OCCO1.Cc1c2ccc3c(c2c(O[Si](C)(C)C(C)(C)C)c2occ(C(CC=O)OP)c12)CCC31OCCO1.Cc1c2ccc3c(c2c(O[Si](C)(C)C(C)(C)C)c2occ(C(CC=O)OP)c12)CCC31OCCO1.[Cl][Ti]([Cl])([Cl])[Cl].[Cl][Ti]([Cl])([Cl])[Cl]. The van der Waals surface area contributed by atoms with Gasteiger partial charge in [-0.15, -0.1) is 0 Å². The zero-order chi connectivity index (χ0) is 97.9. The fraction of sp³-hybridized carbons (Fsp3) is 0.500. The molecule has 0 amide bonds. The third kappa shape index (κ3) is 18.0. The average Bonchev–Trinajstić information content (AvgIpc) is 1.47. The minimum atomic E-state index is -3.11. The summed E-state index contributed by atoms with van der Waals surface area (Å²) < 4.78 is 109. The van der Waals surface area contributed by atoms with Gasteiger partial charge in [-0.3, -0.25) is 9.59 Å². The van der Waals surface area contributed by atoms with Gasteiger partial charge in [-0.2, -0.15) is 0 Å². The molecule has 12 atom stereocenters. The molecular weight excluding hydrogens is 2100 g/mol. The van der Waals surface area contributed by atoms with E-state index in [1.165, 1.54) is 11.1 Å². The van der Waals surface area contributed by atoms with Crippen LogP contribution in [0, 0.1) is 13.8 Å². The molecule has 4 aliphatic heterocycles. The van der Waals surface area contributed by atoms with Crippen LogP contribution < -0.4 is 8.85 Å². The van der Waals surface area contributed by atoms with Gasteiger partial charge in [0.25, 0.3) is 16.6 Å². The second-order valence-corrected chi connectivity index (χ2v) is 81.3. The first-order chi connectivity index (χ1) is 64.1. The molecule has 4 aromatic heterocycles. The van der Waals surface area contributed by atoms with E-state index in [0.717, 1.165) is 182 Å². The zero-order valence-electron chi connectivity index (χ0n) is 77.9. The van der Waals surface area contributed by atoms with Gasteiger partial charge < -0.3 is 102 Å². The van der Waals surface area contributed by atoms with Crippen LogP contribution in [0.1, 0.15) is 264 Å². The summed E-state index contributed by atoms with van der Waals surface area (Å²) in [7, 11) is 44.7. The molecule has 0 bridgehead atoms. The Balaban J connectivity index is 0.000000122. The Bertz CT molecular complexity index is 5990. The summed E-state index contributed by atoms with van der Waals surface area (Å²) in [5.41, 5.74) is 18.6. The van der Waals surface area contributed by atoms with Crippen molar-refractivity contribution in [2.24, 2.45) is 0 Å². The van der Waals surface area contributed by atoms with E-state index in [-0.39, 0.29) is 46.7 Å². The van der Waals surface area contributed by atoms with Gasteiger partial charge in [-0.05, 0) is 145 Å². The van der Waals surface area contributed by atoms with Gasteiger partial charge in [0.15, 0.2) is 57.3 Å². The first kappa shape index (κ1) is 104. The molecule has 8 aliphatic carbocycles. The first-order valence-electron chi connectivity index (χ1n) is 45.4. The molecule has 8 heterocycles. The molecule has 40 heteroatoms. The molecule has 9 unspecified atom stereocenters. The number of aliphatic hydroxyl groups excluding tert-OH is 2. The molecule has 4 fully saturated rings. The number of hydrogen-bond acceptors (Lipinski definition) is 24. The van der Waals surface area contributed by atoms with E-state index in [2.05, 4.69) is 144 Å². The number of furan rings is 4. The van der Waals surface area contributed by atoms with Crippen molar-refractivity contribution < 1.29 is 137 Å². The van der Waals surface area contributed by atoms with Gasteiger partial charge in [-0.25, -0.2) is 0 Å². The first-order valence-corrected chi connectivity index (χ1v) is 70.3. The fourth-order valence-corrected chi connectivity index (χ4v) is 25.1. The standard InChI is InChI=1S/2C27H35O6PSi.2C21H21O6P.8ClH.2Ti/c2*1-16-17-7-8-20-18(9-11-27(20)30-13-14-31-27)23(17)25(33-35(5,6)26(2,3)4)24-22(16)19(15-29-24)21(32-34)10-12-28;2*1-20-13-3-2-12-10(4-5-21(12)25-6-7-26-21)16(13)18(23)19-17(20)11(9-24-19)14(27-28)8-15(20)22;;;;;;;;;;/h2*7-8,12,15,21H,9-11,13-14,34H2,1-6H3;2*2-3,9,14-15,22H,4-8,28H2,1H3;8*1H;;/q;;;;;;;;;;;;2*+4/p-8/t;;14?,15?,20-;14?,15-,20+;;;;;;;;;;/m..00........../s1. The predicted molar refractivity (Wildman–Crippen MR) is 534 cm³/mol. The van der Waals surface area contributed by atoms with Gasteiger partial charge in [0.1, 0.15) is 12.6 Å². The summed E-state index contributed by atoms with van der Waals surface area (Å²) in [6.45, 7) is 35.3. The van der Waals surface area contributed by atoms with Crippen LogP contribution >= 0.6 is 112 Å². The quantitative estimate of drug-likeness (QED) is 0.0581. The minimum absolute atomic E-state index is 0.00598. The van der Waals surface area contributed by atoms with E-state index >= 15 is 0 Å². The van der Waals surface area contributed by atoms with Crippen molar-refractivity contribution in [2.75, 3.05) is 52.9 Å². The van der Waals surface area contributed by atoms with Crippen molar-refractivity contribution in [3.8, 4) is 11.5 Å². The molecule has 12 aliphatic rings. The number of hydrogen-bond donors (Lipinski definition) is 2. The number of carbonyl (C=O) groups excluding carboxylic acids is 4. The number of ether oxygens (including phenoxy) is 8. The topological polar surface area (TPSA) is 291 Å². The molecule has 6 aromatic carbocycles. The number of aldehydes is 2. The summed E-state index contributed by atoms with van der Waals surface area (Å²) in [6.07, 6.45) is 13.1. The molecule has 24 nitrogen and oxygen atoms in total. The maximum atomic E-state index is 13.5. The Hall–Kier alpha value is -2.90. The second-order valence-electron chi connectivity index (χ2n) is 39.8. The van der Waals surface area contributed by atoms with Gasteiger partial charge >= 0.3 is 99.1 Å². The number of ketones is 2. The van der Waals surface area contributed by atoms with Crippen LogP contribution in [0.5, 0.6) is 11.5 Å². The van der Waals surface area contributed by atoms with Crippen molar-refractivity contribution >= 4 is 197 Å². The van der Waals surface area contributed by atoms with Gasteiger partial charge in [-0.1, -0.05) is 90.1 Å². The Morgan fingerprint density at radius 3 is 1.02 bits per heavy atom. The van der Waals surface area contributed by atoms with E-state index in [1.54, 1.807) is 25.1 Å². The summed E-state index contributed by atoms with van der Waals surface area (Å²) >= 11 is -6.22. The van der Waals surface area contributed by atoms with Crippen molar-refractivity contribution in [3.63, 3.8) is 0 Å². The summed E-state index contributed by atoms with van der Waals surface area (Å²) in [5, 5.41) is 28.7. The molecule has 10 aromatic rings. The molecule has 0 saturated carbocycles. The van der Waals surface area contributed by atoms with Crippen LogP contribution in [0.3, 0.4) is 0 Å². The molecule has 22 rings (SSSR count). The van der Waals surface area contributed by atoms with Gasteiger partial charge in [0.2, 0.25) is 11.6 Å². The monoisotopic (exact) mass is 2200 g/mol.